The van der Waals surface area contributed by atoms with Gasteiger partial charge >= 0.3 is 0 Å². The molecule has 92 valence electrons. The van der Waals surface area contributed by atoms with Gasteiger partial charge in [0.05, 0.1) is 6.20 Å². The van der Waals surface area contributed by atoms with Crippen LogP contribution in [0, 0.1) is 5.92 Å². The molecule has 1 aromatic rings. The smallest absolute Gasteiger partial charge is 0.0522 e. The molecule has 0 aliphatic carbocycles. The van der Waals surface area contributed by atoms with Crippen LogP contribution in [0.4, 0.5) is 0 Å². The lowest BCUT2D eigenvalue weighted by molar-refractivity contribution is 0.360. The van der Waals surface area contributed by atoms with E-state index in [1.165, 1.54) is 31.2 Å². The van der Waals surface area contributed by atoms with Crippen molar-refractivity contribution in [1.82, 2.24) is 9.78 Å². The summed E-state index contributed by atoms with van der Waals surface area (Å²) in [4.78, 5) is 0. The summed E-state index contributed by atoms with van der Waals surface area (Å²) in [6.45, 7) is 4.47. The van der Waals surface area contributed by atoms with Crippen molar-refractivity contribution < 1.29 is 0 Å². The van der Waals surface area contributed by atoms with Gasteiger partial charge in [0.25, 0.3) is 0 Å². The van der Waals surface area contributed by atoms with E-state index in [1.807, 2.05) is 17.9 Å². The quantitative estimate of drug-likeness (QED) is 0.772. The number of hydrogen-bond acceptors (Lipinski definition) is 2. The number of hydrogen-bond donors (Lipinski definition) is 1. The second kappa shape index (κ2) is 6.69. The monoisotopic (exact) mass is 223 g/mol. The Bertz CT molecular complexity index is 287. The van der Waals surface area contributed by atoms with Crippen molar-refractivity contribution in [1.29, 1.82) is 0 Å². The summed E-state index contributed by atoms with van der Waals surface area (Å²) in [5.74, 6) is 0.662. The number of nitrogens with two attached hydrogens (primary N) is 1. The fourth-order valence-electron chi connectivity index (χ4n) is 2.33. The molecule has 3 nitrogen and oxygen atoms in total. The van der Waals surface area contributed by atoms with E-state index in [-0.39, 0.29) is 6.04 Å². The number of rotatable bonds is 7. The standard InChI is InChI=1S/C13H25N3/c1-4-6-12(7-5-2)13(14)8-11-9-15-16(3)10-11/h9-10,12-13H,4-8,14H2,1-3H3. The van der Waals surface area contributed by atoms with Crippen LogP contribution in [0.3, 0.4) is 0 Å². The molecule has 0 aliphatic rings. The van der Waals surface area contributed by atoms with E-state index in [0.29, 0.717) is 5.92 Å². The Labute approximate surface area is 99.0 Å². The van der Waals surface area contributed by atoms with Gasteiger partial charge in [-0.15, -0.1) is 0 Å². The fraction of sp³-hybridized carbons (Fsp3) is 0.769. The highest BCUT2D eigenvalue weighted by molar-refractivity contribution is 5.06. The van der Waals surface area contributed by atoms with Crippen LogP contribution in [0.25, 0.3) is 0 Å². The van der Waals surface area contributed by atoms with Crippen molar-refractivity contribution in [3.05, 3.63) is 18.0 Å². The van der Waals surface area contributed by atoms with Crippen LogP contribution >= 0.6 is 0 Å². The van der Waals surface area contributed by atoms with Gasteiger partial charge in [-0.25, -0.2) is 0 Å². The summed E-state index contributed by atoms with van der Waals surface area (Å²) in [6, 6.07) is 0.282. The average molecular weight is 223 g/mol. The van der Waals surface area contributed by atoms with Crippen molar-refractivity contribution in [2.45, 2.75) is 52.0 Å². The lowest BCUT2D eigenvalue weighted by atomic mass is 9.88. The minimum absolute atomic E-state index is 0.282. The largest absolute Gasteiger partial charge is 0.327 e. The maximum absolute atomic E-state index is 6.29. The zero-order chi connectivity index (χ0) is 12.0. The Balaban J connectivity index is 2.50. The van der Waals surface area contributed by atoms with Gasteiger partial charge in [0.2, 0.25) is 0 Å². The van der Waals surface area contributed by atoms with Crippen LogP contribution in [0.15, 0.2) is 12.4 Å². The lowest BCUT2D eigenvalue weighted by Gasteiger charge is -2.22. The molecule has 0 radical (unpaired) electrons. The molecular weight excluding hydrogens is 198 g/mol. The van der Waals surface area contributed by atoms with Crippen molar-refractivity contribution in [2.75, 3.05) is 0 Å². The van der Waals surface area contributed by atoms with Gasteiger partial charge in [0.15, 0.2) is 0 Å². The van der Waals surface area contributed by atoms with E-state index in [4.69, 9.17) is 5.73 Å². The lowest BCUT2D eigenvalue weighted by Crippen LogP contribution is -2.32. The van der Waals surface area contributed by atoms with Gasteiger partial charge in [-0.3, -0.25) is 4.68 Å². The highest BCUT2D eigenvalue weighted by Crippen LogP contribution is 2.19. The molecule has 0 bridgehead atoms. The summed E-state index contributed by atoms with van der Waals surface area (Å²) in [6.07, 6.45) is 9.89. The van der Waals surface area contributed by atoms with Gasteiger partial charge in [0.1, 0.15) is 0 Å². The normalized spacial score (nSPS) is 13.3. The van der Waals surface area contributed by atoms with Crippen LogP contribution in [0.5, 0.6) is 0 Å². The van der Waals surface area contributed by atoms with E-state index >= 15 is 0 Å². The first kappa shape index (κ1) is 13.2. The summed E-state index contributed by atoms with van der Waals surface area (Å²) >= 11 is 0. The number of nitrogens with zero attached hydrogens (tertiary/aromatic N) is 2. The van der Waals surface area contributed by atoms with Crippen LogP contribution in [0.2, 0.25) is 0 Å². The average Bonchev–Trinajstić information content (AvgIpc) is 2.63. The SMILES string of the molecule is CCCC(CCC)C(N)Cc1cnn(C)c1. The van der Waals surface area contributed by atoms with Crippen LogP contribution in [0.1, 0.15) is 45.1 Å². The molecule has 1 heterocycles. The topological polar surface area (TPSA) is 43.8 Å². The molecule has 3 heteroatoms. The highest BCUT2D eigenvalue weighted by Gasteiger charge is 2.16. The minimum Gasteiger partial charge on any atom is -0.327 e. The predicted molar refractivity (Wildman–Crippen MR) is 68.2 cm³/mol. The fourth-order valence-corrected chi connectivity index (χ4v) is 2.33. The molecule has 0 aromatic carbocycles. The molecule has 0 saturated carbocycles. The molecule has 0 saturated heterocycles. The Morgan fingerprint density at radius 3 is 2.38 bits per heavy atom. The maximum atomic E-state index is 6.29. The molecule has 1 aromatic heterocycles. The Morgan fingerprint density at radius 1 is 1.31 bits per heavy atom. The first-order valence-electron chi connectivity index (χ1n) is 6.40. The molecule has 0 spiro atoms. The van der Waals surface area contributed by atoms with Crippen molar-refractivity contribution in [3.63, 3.8) is 0 Å². The summed E-state index contributed by atoms with van der Waals surface area (Å²) in [7, 11) is 1.95. The molecule has 0 fully saturated rings. The minimum atomic E-state index is 0.282. The van der Waals surface area contributed by atoms with Gasteiger partial charge in [-0.05, 0) is 30.7 Å². The Kier molecular flexibility index (Phi) is 5.53. The van der Waals surface area contributed by atoms with Gasteiger partial charge in [-0.1, -0.05) is 26.7 Å². The Hall–Kier alpha value is -0.830. The zero-order valence-corrected chi connectivity index (χ0v) is 10.8. The van der Waals surface area contributed by atoms with Crippen molar-refractivity contribution in [2.24, 2.45) is 18.7 Å². The summed E-state index contributed by atoms with van der Waals surface area (Å²) in [5.41, 5.74) is 7.55. The molecule has 1 unspecified atom stereocenters. The molecule has 0 aliphatic heterocycles. The van der Waals surface area contributed by atoms with E-state index in [2.05, 4.69) is 25.1 Å². The molecule has 1 atom stereocenters. The van der Waals surface area contributed by atoms with Crippen molar-refractivity contribution in [3.8, 4) is 0 Å². The third-order valence-electron chi connectivity index (χ3n) is 3.15. The second-order valence-electron chi connectivity index (χ2n) is 4.73. The van der Waals surface area contributed by atoms with Gasteiger partial charge in [0, 0.05) is 19.3 Å². The van der Waals surface area contributed by atoms with Crippen LogP contribution in [-0.2, 0) is 13.5 Å². The molecular formula is C13H25N3. The third kappa shape index (κ3) is 3.97. The summed E-state index contributed by atoms with van der Waals surface area (Å²) in [5, 5.41) is 4.18. The molecule has 0 amide bonds. The van der Waals surface area contributed by atoms with Gasteiger partial charge in [-0.2, -0.15) is 5.10 Å². The first-order valence-corrected chi connectivity index (χ1v) is 6.40. The zero-order valence-electron chi connectivity index (χ0n) is 10.8. The van der Waals surface area contributed by atoms with Crippen LogP contribution < -0.4 is 5.73 Å². The van der Waals surface area contributed by atoms with Gasteiger partial charge < -0.3 is 5.73 Å². The van der Waals surface area contributed by atoms with Crippen LogP contribution in [-0.4, -0.2) is 15.8 Å². The van der Waals surface area contributed by atoms with Crippen molar-refractivity contribution >= 4 is 0 Å². The number of aromatic nitrogens is 2. The molecule has 1 rings (SSSR count). The molecule has 2 N–H and O–H groups in total. The molecule has 16 heavy (non-hydrogen) atoms. The third-order valence-corrected chi connectivity index (χ3v) is 3.15. The highest BCUT2D eigenvalue weighted by atomic mass is 15.2. The van der Waals surface area contributed by atoms with E-state index < -0.39 is 0 Å². The second-order valence-corrected chi connectivity index (χ2v) is 4.73. The van der Waals surface area contributed by atoms with E-state index in [1.54, 1.807) is 0 Å². The van der Waals surface area contributed by atoms with E-state index in [9.17, 15) is 0 Å². The maximum Gasteiger partial charge on any atom is 0.0522 e. The first-order chi connectivity index (χ1) is 7.67. The Morgan fingerprint density at radius 2 is 1.94 bits per heavy atom. The van der Waals surface area contributed by atoms with E-state index in [0.717, 1.165) is 6.42 Å². The summed E-state index contributed by atoms with van der Waals surface area (Å²) < 4.78 is 1.84. The number of aryl methyl sites for hydroxylation is 1. The predicted octanol–water partition coefficient (Wildman–Crippen LogP) is 2.51.